The number of hydrogen-bond acceptors (Lipinski definition) is 7. The second-order valence-corrected chi connectivity index (χ2v) is 6.17. The summed E-state index contributed by atoms with van der Waals surface area (Å²) in [4.78, 5) is 19.1. The van der Waals surface area contributed by atoms with Crippen molar-refractivity contribution >= 4 is 5.91 Å². The number of aromatic nitrogens is 2. The number of piperidine rings is 1. The number of carbonyl (C=O) groups excluding carboxylic acids is 1. The van der Waals surface area contributed by atoms with Crippen molar-refractivity contribution in [1.29, 1.82) is 0 Å². The van der Waals surface area contributed by atoms with Gasteiger partial charge < -0.3 is 23.6 Å². The fourth-order valence-electron chi connectivity index (χ4n) is 3.10. The Hall–Kier alpha value is -2.61. The standard InChI is InChI=1S/C18H23N3O5/c1-23-11-16-19-17(20-26-16)12-5-4-6-21(10-12)18(22)13-7-14(24-2)9-15(8-13)25-3/h7-9,12H,4-6,10-11H2,1-3H3. The topological polar surface area (TPSA) is 86.9 Å². The Bertz CT molecular complexity index is 739. The van der Waals surface area contributed by atoms with Crippen molar-refractivity contribution in [1.82, 2.24) is 15.0 Å². The molecule has 0 N–H and O–H groups in total. The molecule has 1 aliphatic heterocycles. The molecule has 3 rings (SSSR count). The molecule has 0 bridgehead atoms. The Kier molecular flexibility index (Phi) is 5.72. The third-order valence-corrected chi connectivity index (χ3v) is 4.42. The monoisotopic (exact) mass is 361 g/mol. The highest BCUT2D eigenvalue weighted by atomic mass is 16.5. The fraction of sp³-hybridized carbons (Fsp3) is 0.500. The predicted octanol–water partition coefficient (Wildman–Crippen LogP) is 2.25. The molecule has 140 valence electrons. The lowest BCUT2D eigenvalue weighted by Crippen LogP contribution is -2.39. The summed E-state index contributed by atoms with van der Waals surface area (Å²) in [6, 6.07) is 5.19. The Morgan fingerprint density at radius 1 is 1.23 bits per heavy atom. The minimum atomic E-state index is -0.0625. The highest BCUT2D eigenvalue weighted by Gasteiger charge is 2.29. The molecule has 1 unspecified atom stereocenters. The molecule has 1 saturated heterocycles. The maximum absolute atomic E-state index is 13.0. The van der Waals surface area contributed by atoms with Gasteiger partial charge in [0.05, 0.1) is 14.2 Å². The maximum atomic E-state index is 13.0. The van der Waals surface area contributed by atoms with Crippen LogP contribution in [0.5, 0.6) is 11.5 Å². The molecule has 0 saturated carbocycles. The van der Waals surface area contributed by atoms with Gasteiger partial charge in [0.1, 0.15) is 18.1 Å². The molecule has 0 radical (unpaired) electrons. The van der Waals surface area contributed by atoms with Crippen molar-refractivity contribution in [3.63, 3.8) is 0 Å². The molecule has 1 aromatic heterocycles. The second-order valence-electron chi connectivity index (χ2n) is 6.17. The number of hydrogen-bond donors (Lipinski definition) is 0. The molecule has 1 amide bonds. The molecule has 1 atom stereocenters. The quantitative estimate of drug-likeness (QED) is 0.780. The zero-order valence-corrected chi connectivity index (χ0v) is 15.2. The number of likely N-dealkylation sites (tertiary alicyclic amines) is 1. The summed E-state index contributed by atoms with van der Waals surface area (Å²) in [7, 11) is 4.70. The smallest absolute Gasteiger partial charge is 0.254 e. The van der Waals surface area contributed by atoms with Crippen LogP contribution in [0.2, 0.25) is 0 Å². The first kappa shape index (κ1) is 18.2. The number of ether oxygens (including phenoxy) is 3. The van der Waals surface area contributed by atoms with Crippen molar-refractivity contribution in [3.05, 3.63) is 35.5 Å². The largest absolute Gasteiger partial charge is 0.497 e. The number of rotatable bonds is 6. The molecular formula is C18H23N3O5. The lowest BCUT2D eigenvalue weighted by atomic mass is 9.96. The summed E-state index contributed by atoms with van der Waals surface area (Å²) >= 11 is 0. The Labute approximate surface area is 152 Å². The van der Waals surface area contributed by atoms with Crippen molar-refractivity contribution in [2.75, 3.05) is 34.4 Å². The van der Waals surface area contributed by atoms with Gasteiger partial charge >= 0.3 is 0 Å². The number of amides is 1. The van der Waals surface area contributed by atoms with E-state index in [1.54, 1.807) is 39.5 Å². The van der Waals surface area contributed by atoms with Gasteiger partial charge in [-0.25, -0.2) is 0 Å². The van der Waals surface area contributed by atoms with Gasteiger partial charge in [0.15, 0.2) is 5.82 Å². The number of carbonyl (C=O) groups is 1. The summed E-state index contributed by atoms with van der Waals surface area (Å²) in [6.45, 7) is 1.52. The molecule has 0 spiro atoms. The lowest BCUT2D eigenvalue weighted by Gasteiger charge is -2.31. The van der Waals surface area contributed by atoms with E-state index in [1.807, 2.05) is 4.90 Å². The Morgan fingerprint density at radius 3 is 2.62 bits per heavy atom. The van der Waals surface area contributed by atoms with Crippen LogP contribution in [0.3, 0.4) is 0 Å². The van der Waals surface area contributed by atoms with Crippen LogP contribution in [-0.2, 0) is 11.3 Å². The minimum Gasteiger partial charge on any atom is -0.497 e. The number of methoxy groups -OCH3 is 3. The van der Waals surface area contributed by atoms with E-state index in [-0.39, 0.29) is 18.4 Å². The van der Waals surface area contributed by atoms with Crippen molar-refractivity contribution < 1.29 is 23.5 Å². The number of benzene rings is 1. The molecule has 2 heterocycles. The van der Waals surface area contributed by atoms with Crippen LogP contribution < -0.4 is 9.47 Å². The third-order valence-electron chi connectivity index (χ3n) is 4.42. The van der Waals surface area contributed by atoms with Gasteiger partial charge in [-0.05, 0) is 25.0 Å². The van der Waals surface area contributed by atoms with Gasteiger partial charge in [-0.3, -0.25) is 4.79 Å². The van der Waals surface area contributed by atoms with Gasteiger partial charge in [-0.2, -0.15) is 4.98 Å². The minimum absolute atomic E-state index is 0.0505. The van der Waals surface area contributed by atoms with Crippen LogP contribution in [0.25, 0.3) is 0 Å². The van der Waals surface area contributed by atoms with Gasteiger partial charge in [0, 0.05) is 37.7 Å². The highest BCUT2D eigenvalue weighted by Crippen LogP contribution is 2.28. The molecule has 26 heavy (non-hydrogen) atoms. The van der Waals surface area contributed by atoms with Crippen LogP contribution >= 0.6 is 0 Å². The van der Waals surface area contributed by atoms with E-state index in [2.05, 4.69) is 10.1 Å². The van der Waals surface area contributed by atoms with Gasteiger partial charge in [0.2, 0.25) is 0 Å². The van der Waals surface area contributed by atoms with Crippen molar-refractivity contribution in [2.24, 2.45) is 0 Å². The van der Waals surface area contributed by atoms with Crippen LogP contribution in [0.15, 0.2) is 22.7 Å². The first-order valence-corrected chi connectivity index (χ1v) is 8.48. The SMILES string of the molecule is COCc1nc(C2CCCN(C(=O)c3cc(OC)cc(OC)c3)C2)no1. The summed E-state index contributed by atoms with van der Waals surface area (Å²) in [5.41, 5.74) is 0.537. The van der Waals surface area contributed by atoms with Crippen molar-refractivity contribution in [3.8, 4) is 11.5 Å². The van der Waals surface area contributed by atoms with Crippen LogP contribution in [-0.4, -0.2) is 55.4 Å². The van der Waals surface area contributed by atoms with E-state index >= 15 is 0 Å². The van der Waals surface area contributed by atoms with Crippen LogP contribution in [0, 0.1) is 0 Å². The fourth-order valence-corrected chi connectivity index (χ4v) is 3.10. The summed E-state index contributed by atoms with van der Waals surface area (Å²) in [5, 5.41) is 4.04. The van der Waals surface area contributed by atoms with E-state index in [0.717, 1.165) is 12.8 Å². The first-order valence-electron chi connectivity index (χ1n) is 8.48. The van der Waals surface area contributed by atoms with E-state index in [1.165, 1.54) is 0 Å². The lowest BCUT2D eigenvalue weighted by molar-refractivity contribution is 0.0703. The average molecular weight is 361 g/mol. The van der Waals surface area contributed by atoms with E-state index in [4.69, 9.17) is 18.7 Å². The van der Waals surface area contributed by atoms with Gasteiger partial charge in [-0.15, -0.1) is 0 Å². The van der Waals surface area contributed by atoms with Crippen LogP contribution in [0.4, 0.5) is 0 Å². The maximum Gasteiger partial charge on any atom is 0.254 e. The Morgan fingerprint density at radius 2 is 1.96 bits per heavy atom. The second kappa shape index (κ2) is 8.18. The molecule has 0 aliphatic carbocycles. The van der Waals surface area contributed by atoms with E-state index < -0.39 is 0 Å². The molecular weight excluding hydrogens is 338 g/mol. The molecule has 1 aliphatic rings. The van der Waals surface area contributed by atoms with Gasteiger partial charge in [-0.1, -0.05) is 5.16 Å². The molecule has 8 nitrogen and oxygen atoms in total. The zero-order chi connectivity index (χ0) is 18.5. The predicted molar refractivity (Wildman–Crippen MR) is 92.4 cm³/mol. The third kappa shape index (κ3) is 3.96. The summed E-state index contributed by atoms with van der Waals surface area (Å²) in [6.07, 6.45) is 1.79. The summed E-state index contributed by atoms with van der Waals surface area (Å²) in [5.74, 6) is 2.23. The van der Waals surface area contributed by atoms with Gasteiger partial charge in [0.25, 0.3) is 11.8 Å². The van der Waals surface area contributed by atoms with Crippen LogP contribution in [0.1, 0.15) is 40.8 Å². The number of nitrogens with zero attached hydrogens (tertiary/aromatic N) is 3. The zero-order valence-electron chi connectivity index (χ0n) is 15.2. The summed E-state index contributed by atoms with van der Waals surface area (Å²) < 4.78 is 20.7. The normalized spacial score (nSPS) is 17.2. The first-order chi connectivity index (χ1) is 12.6. The highest BCUT2D eigenvalue weighted by molar-refractivity contribution is 5.95. The Balaban J connectivity index is 1.75. The molecule has 1 fully saturated rings. The molecule has 2 aromatic rings. The van der Waals surface area contributed by atoms with E-state index in [9.17, 15) is 4.79 Å². The van der Waals surface area contributed by atoms with E-state index in [0.29, 0.717) is 41.9 Å². The average Bonchev–Trinajstić information content (AvgIpc) is 3.16. The molecule has 8 heteroatoms. The van der Waals surface area contributed by atoms with Crippen molar-refractivity contribution in [2.45, 2.75) is 25.4 Å². The molecule has 1 aromatic carbocycles.